The molecule has 3 rings (SSSR count). The molecule has 0 unspecified atom stereocenters. The smallest absolute Gasteiger partial charge is 0.175 e. The minimum atomic E-state index is 0.492. The SMILES string of the molecule is CCOc1cc(C=Nc2ccc(C)c(Cl)c2)cc(I)c1OCc1ccc(C)cc1. The molecule has 0 aliphatic carbocycles. The summed E-state index contributed by atoms with van der Waals surface area (Å²) in [6, 6.07) is 18.1. The number of rotatable bonds is 7. The molecular weight excluding hydrogens is 497 g/mol. The first-order valence-electron chi connectivity index (χ1n) is 9.41. The minimum Gasteiger partial charge on any atom is -0.490 e. The average molecular weight is 520 g/mol. The molecule has 3 aromatic carbocycles. The second-order valence-electron chi connectivity index (χ2n) is 6.73. The van der Waals surface area contributed by atoms with Crippen LogP contribution in [0, 0.1) is 17.4 Å². The predicted octanol–water partition coefficient (Wildman–Crippen LogP) is 7.29. The summed E-state index contributed by atoms with van der Waals surface area (Å²) in [5.41, 5.74) is 5.15. The third-order valence-electron chi connectivity index (χ3n) is 4.35. The van der Waals surface area contributed by atoms with E-state index in [-0.39, 0.29) is 0 Å². The lowest BCUT2D eigenvalue weighted by atomic mass is 10.1. The summed E-state index contributed by atoms with van der Waals surface area (Å²) >= 11 is 8.47. The molecule has 0 amide bonds. The number of hydrogen-bond donors (Lipinski definition) is 0. The summed E-state index contributed by atoms with van der Waals surface area (Å²) < 4.78 is 12.9. The van der Waals surface area contributed by atoms with E-state index >= 15 is 0 Å². The van der Waals surface area contributed by atoms with E-state index in [0.717, 1.165) is 37.4 Å². The van der Waals surface area contributed by atoms with Gasteiger partial charge in [0.15, 0.2) is 11.5 Å². The average Bonchev–Trinajstić information content (AvgIpc) is 2.70. The molecule has 0 radical (unpaired) electrons. The zero-order valence-electron chi connectivity index (χ0n) is 16.7. The van der Waals surface area contributed by atoms with Gasteiger partial charge in [-0.2, -0.15) is 0 Å². The molecule has 3 aromatic rings. The summed E-state index contributed by atoms with van der Waals surface area (Å²) in [7, 11) is 0. The van der Waals surface area contributed by atoms with Gasteiger partial charge in [0, 0.05) is 11.2 Å². The molecule has 5 heteroatoms. The maximum atomic E-state index is 6.19. The Hall–Kier alpha value is -2.05. The third-order valence-corrected chi connectivity index (χ3v) is 5.56. The molecular formula is C24H23ClINO2. The van der Waals surface area contributed by atoms with Crippen molar-refractivity contribution in [3.8, 4) is 11.5 Å². The molecule has 0 saturated heterocycles. The van der Waals surface area contributed by atoms with Crippen molar-refractivity contribution in [3.05, 3.63) is 85.4 Å². The van der Waals surface area contributed by atoms with Gasteiger partial charge in [-0.1, -0.05) is 47.5 Å². The van der Waals surface area contributed by atoms with Gasteiger partial charge >= 0.3 is 0 Å². The standard InChI is InChI=1S/C24H23ClINO2/c1-4-28-23-12-19(14-27-20-10-7-17(3)21(25)13-20)11-22(26)24(23)29-15-18-8-5-16(2)6-9-18/h5-14H,4,15H2,1-3H3. The fourth-order valence-electron chi connectivity index (χ4n) is 2.72. The molecule has 0 spiro atoms. The Morgan fingerprint density at radius 2 is 1.76 bits per heavy atom. The van der Waals surface area contributed by atoms with E-state index in [1.165, 1.54) is 5.56 Å². The Morgan fingerprint density at radius 1 is 1.00 bits per heavy atom. The van der Waals surface area contributed by atoms with E-state index in [9.17, 15) is 0 Å². The molecule has 0 heterocycles. The summed E-state index contributed by atoms with van der Waals surface area (Å²) in [5, 5.41) is 0.712. The normalized spacial score (nSPS) is 11.1. The van der Waals surface area contributed by atoms with Crippen LogP contribution in [0.5, 0.6) is 11.5 Å². The first kappa shape index (κ1) is 21.7. The van der Waals surface area contributed by atoms with Crippen molar-refractivity contribution in [2.45, 2.75) is 27.4 Å². The Morgan fingerprint density at radius 3 is 2.45 bits per heavy atom. The predicted molar refractivity (Wildman–Crippen MR) is 129 cm³/mol. The van der Waals surface area contributed by atoms with Crippen LogP contribution in [0.15, 0.2) is 59.6 Å². The number of aliphatic imine (C=N–C) groups is 1. The summed E-state index contributed by atoms with van der Waals surface area (Å²) in [5.74, 6) is 1.47. The minimum absolute atomic E-state index is 0.492. The van der Waals surface area contributed by atoms with E-state index in [1.807, 2.05) is 50.4 Å². The highest BCUT2D eigenvalue weighted by Gasteiger charge is 2.12. The molecule has 150 valence electrons. The van der Waals surface area contributed by atoms with Crippen molar-refractivity contribution in [1.29, 1.82) is 0 Å². The molecule has 0 aromatic heterocycles. The Labute approximate surface area is 190 Å². The topological polar surface area (TPSA) is 30.8 Å². The first-order chi connectivity index (χ1) is 14.0. The number of hydrogen-bond acceptors (Lipinski definition) is 3. The van der Waals surface area contributed by atoms with Gasteiger partial charge in [0.05, 0.1) is 15.9 Å². The Kier molecular flexibility index (Phi) is 7.56. The largest absolute Gasteiger partial charge is 0.490 e. The summed E-state index contributed by atoms with van der Waals surface area (Å²) in [6.07, 6.45) is 1.81. The fourth-order valence-corrected chi connectivity index (χ4v) is 3.67. The molecule has 0 fully saturated rings. The van der Waals surface area contributed by atoms with Gasteiger partial charge in [0.1, 0.15) is 6.61 Å². The van der Waals surface area contributed by atoms with Gasteiger partial charge < -0.3 is 9.47 Å². The second-order valence-corrected chi connectivity index (χ2v) is 8.30. The van der Waals surface area contributed by atoms with Crippen LogP contribution in [-0.4, -0.2) is 12.8 Å². The van der Waals surface area contributed by atoms with Crippen molar-refractivity contribution in [1.82, 2.24) is 0 Å². The number of halogens is 2. The maximum Gasteiger partial charge on any atom is 0.175 e. The number of ether oxygens (including phenoxy) is 2. The van der Waals surface area contributed by atoms with Crippen LogP contribution in [-0.2, 0) is 6.61 Å². The van der Waals surface area contributed by atoms with Crippen LogP contribution in [0.25, 0.3) is 0 Å². The van der Waals surface area contributed by atoms with Crippen molar-refractivity contribution in [3.63, 3.8) is 0 Å². The van der Waals surface area contributed by atoms with Gasteiger partial charge in [-0.15, -0.1) is 0 Å². The van der Waals surface area contributed by atoms with Crippen LogP contribution in [0.3, 0.4) is 0 Å². The van der Waals surface area contributed by atoms with Crippen LogP contribution in [0.1, 0.15) is 29.2 Å². The lowest BCUT2D eigenvalue weighted by molar-refractivity contribution is 0.267. The number of nitrogens with zero attached hydrogens (tertiary/aromatic N) is 1. The van der Waals surface area contributed by atoms with Gasteiger partial charge in [-0.05, 0) is 84.3 Å². The van der Waals surface area contributed by atoms with E-state index < -0.39 is 0 Å². The third kappa shape index (κ3) is 5.97. The first-order valence-corrected chi connectivity index (χ1v) is 10.9. The van der Waals surface area contributed by atoms with Crippen LogP contribution in [0.4, 0.5) is 5.69 Å². The van der Waals surface area contributed by atoms with E-state index in [1.54, 1.807) is 0 Å². The zero-order valence-corrected chi connectivity index (χ0v) is 19.6. The van der Waals surface area contributed by atoms with Crippen molar-refractivity contribution in [2.24, 2.45) is 4.99 Å². The van der Waals surface area contributed by atoms with Gasteiger partial charge in [0.2, 0.25) is 0 Å². The van der Waals surface area contributed by atoms with Crippen molar-refractivity contribution in [2.75, 3.05) is 6.61 Å². The van der Waals surface area contributed by atoms with Crippen LogP contribution < -0.4 is 9.47 Å². The van der Waals surface area contributed by atoms with Gasteiger partial charge in [0.25, 0.3) is 0 Å². The summed E-state index contributed by atoms with van der Waals surface area (Å²) in [6.45, 7) is 7.07. The highest BCUT2D eigenvalue weighted by molar-refractivity contribution is 14.1. The van der Waals surface area contributed by atoms with Gasteiger partial charge in [-0.25, -0.2) is 0 Å². The maximum absolute atomic E-state index is 6.19. The molecule has 0 N–H and O–H groups in total. The second kappa shape index (κ2) is 10.1. The molecule has 29 heavy (non-hydrogen) atoms. The number of benzene rings is 3. The fraction of sp³-hybridized carbons (Fsp3) is 0.208. The Balaban J connectivity index is 1.82. The monoisotopic (exact) mass is 519 g/mol. The lowest BCUT2D eigenvalue weighted by Crippen LogP contribution is -2.02. The van der Waals surface area contributed by atoms with Crippen LogP contribution >= 0.6 is 34.2 Å². The highest BCUT2D eigenvalue weighted by atomic mass is 127. The number of aryl methyl sites for hydroxylation is 2. The van der Waals surface area contributed by atoms with Crippen LogP contribution in [0.2, 0.25) is 5.02 Å². The molecule has 0 atom stereocenters. The zero-order chi connectivity index (χ0) is 20.8. The molecule has 0 aliphatic rings. The Bertz CT molecular complexity index is 1020. The molecule has 0 bridgehead atoms. The van der Waals surface area contributed by atoms with E-state index in [4.69, 9.17) is 21.1 Å². The molecule has 0 aliphatic heterocycles. The van der Waals surface area contributed by atoms with Crippen molar-refractivity contribution < 1.29 is 9.47 Å². The van der Waals surface area contributed by atoms with Gasteiger partial charge in [-0.3, -0.25) is 4.99 Å². The lowest BCUT2D eigenvalue weighted by Gasteiger charge is -2.15. The highest BCUT2D eigenvalue weighted by Crippen LogP contribution is 2.35. The quantitative estimate of drug-likeness (QED) is 0.242. The van der Waals surface area contributed by atoms with E-state index in [0.29, 0.717) is 18.2 Å². The van der Waals surface area contributed by atoms with E-state index in [2.05, 4.69) is 58.8 Å². The molecule has 0 saturated carbocycles. The molecule has 3 nitrogen and oxygen atoms in total. The van der Waals surface area contributed by atoms with Crippen molar-refractivity contribution >= 4 is 46.1 Å². The summed E-state index contributed by atoms with van der Waals surface area (Å²) in [4.78, 5) is 4.54.